The lowest BCUT2D eigenvalue weighted by atomic mass is 9.89. The summed E-state index contributed by atoms with van der Waals surface area (Å²) in [7, 11) is 0. The number of benzene rings is 1. The van der Waals surface area contributed by atoms with E-state index in [4.69, 9.17) is 0 Å². The van der Waals surface area contributed by atoms with Crippen molar-refractivity contribution in [2.24, 2.45) is 0 Å². The molecule has 1 unspecified atom stereocenters. The molecule has 0 aliphatic heterocycles. The van der Waals surface area contributed by atoms with E-state index in [0.717, 1.165) is 6.54 Å². The fraction of sp³-hybridized carbons (Fsp3) is 0.500. The Morgan fingerprint density at radius 1 is 1.33 bits per heavy atom. The van der Waals surface area contributed by atoms with Crippen molar-refractivity contribution in [3.05, 3.63) is 45.4 Å². The third-order valence-corrected chi connectivity index (χ3v) is 4.49. The largest absolute Gasteiger partial charge is 0.307 e. The van der Waals surface area contributed by atoms with Gasteiger partial charge in [-0.05, 0) is 56.3 Å². The van der Waals surface area contributed by atoms with Gasteiger partial charge in [0, 0.05) is 4.47 Å². The Hall–Kier alpha value is -0.600. The summed E-state index contributed by atoms with van der Waals surface area (Å²) in [5.74, 6) is 0. The van der Waals surface area contributed by atoms with Crippen LogP contribution in [0.3, 0.4) is 0 Å². The van der Waals surface area contributed by atoms with Crippen LogP contribution in [-0.4, -0.2) is 6.54 Å². The zero-order valence-electron chi connectivity index (χ0n) is 11.3. The lowest BCUT2D eigenvalue weighted by molar-refractivity contribution is 0.563. The van der Waals surface area contributed by atoms with E-state index in [-0.39, 0.29) is 0 Å². The van der Waals surface area contributed by atoms with Gasteiger partial charge in [-0.3, -0.25) is 0 Å². The Kier molecular flexibility index (Phi) is 5.02. The van der Waals surface area contributed by atoms with Crippen molar-refractivity contribution in [3.8, 4) is 0 Å². The third-order valence-electron chi connectivity index (χ3n) is 3.63. The molecule has 98 valence electrons. The summed E-state index contributed by atoms with van der Waals surface area (Å²) in [5.41, 5.74) is 4.24. The molecule has 0 fully saturated rings. The third kappa shape index (κ3) is 3.24. The van der Waals surface area contributed by atoms with Crippen LogP contribution in [0.4, 0.5) is 0 Å². The van der Waals surface area contributed by atoms with Gasteiger partial charge in [0.2, 0.25) is 0 Å². The molecule has 0 amide bonds. The van der Waals surface area contributed by atoms with Crippen LogP contribution in [0.2, 0.25) is 0 Å². The van der Waals surface area contributed by atoms with Gasteiger partial charge < -0.3 is 5.32 Å². The minimum Gasteiger partial charge on any atom is -0.307 e. The van der Waals surface area contributed by atoms with Crippen LogP contribution in [0.25, 0.3) is 0 Å². The van der Waals surface area contributed by atoms with Crippen molar-refractivity contribution in [3.63, 3.8) is 0 Å². The molecule has 0 saturated carbocycles. The van der Waals surface area contributed by atoms with Gasteiger partial charge >= 0.3 is 0 Å². The van der Waals surface area contributed by atoms with E-state index in [0.29, 0.717) is 6.04 Å². The van der Waals surface area contributed by atoms with Crippen molar-refractivity contribution in [1.82, 2.24) is 5.32 Å². The Labute approximate surface area is 119 Å². The molecule has 0 bridgehead atoms. The Balaban J connectivity index is 2.28. The molecule has 0 heterocycles. The van der Waals surface area contributed by atoms with Crippen LogP contribution in [0, 0.1) is 6.92 Å². The van der Waals surface area contributed by atoms with Crippen LogP contribution in [0.5, 0.6) is 0 Å². The average Bonchev–Trinajstić information content (AvgIpc) is 2.40. The lowest BCUT2D eigenvalue weighted by Crippen LogP contribution is -2.23. The first-order valence-corrected chi connectivity index (χ1v) is 7.70. The highest BCUT2D eigenvalue weighted by Crippen LogP contribution is 2.31. The number of rotatable bonds is 4. The van der Waals surface area contributed by atoms with Crippen LogP contribution in [0.15, 0.2) is 34.3 Å². The summed E-state index contributed by atoms with van der Waals surface area (Å²) in [4.78, 5) is 0. The van der Waals surface area contributed by atoms with Gasteiger partial charge in [-0.1, -0.05) is 46.6 Å². The van der Waals surface area contributed by atoms with Crippen molar-refractivity contribution in [2.45, 2.75) is 45.6 Å². The summed E-state index contributed by atoms with van der Waals surface area (Å²) < 4.78 is 1.21. The van der Waals surface area contributed by atoms with Crippen molar-refractivity contribution < 1.29 is 0 Å². The predicted molar refractivity (Wildman–Crippen MR) is 81.8 cm³/mol. The van der Waals surface area contributed by atoms with Gasteiger partial charge in [0.1, 0.15) is 0 Å². The molecule has 2 heteroatoms. The van der Waals surface area contributed by atoms with Gasteiger partial charge in [-0.25, -0.2) is 0 Å². The van der Waals surface area contributed by atoms with E-state index in [1.54, 1.807) is 5.57 Å². The lowest BCUT2D eigenvalue weighted by Gasteiger charge is -2.25. The second kappa shape index (κ2) is 6.53. The van der Waals surface area contributed by atoms with Gasteiger partial charge in [0.15, 0.2) is 0 Å². The number of hydrogen-bond donors (Lipinski definition) is 1. The monoisotopic (exact) mass is 307 g/mol. The zero-order chi connectivity index (χ0) is 13.0. The highest BCUT2D eigenvalue weighted by Gasteiger charge is 2.17. The van der Waals surface area contributed by atoms with Crippen LogP contribution in [0.1, 0.15) is 49.8 Å². The van der Waals surface area contributed by atoms with Gasteiger partial charge in [-0.2, -0.15) is 0 Å². The van der Waals surface area contributed by atoms with Crippen molar-refractivity contribution in [1.29, 1.82) is 0 Å². The molecule has 1 aliphatic carbocycles. The molecule has 1 aromatic carbocycles. The molecule has 1 aromatic rings. The maximum absolute atomic E-state index is 3.64. The topological polar surface area (TPSA) is 12.0 Å². The van der Waals surface area contributed by atoms with Crippen molar-refractivity contribution >= 4 is 15.9 Å². The van der Waals surface area contributed by atoms with Crippen LogP contribution in [-0.2, 0) is 0 Å². The maximum atomic E-state index is 3.64. The van der Waals surface area contributed by atoms with Crippen LogP contribution < -0.4 is 5.32 Å². The maximum Gasteiger partial charge on any atom is 0.0536 e. The zero-order valence-corrected chi connectivity index (χ0v) is 12.9. The molecule has 18 heavy (non-hydrogen) atoms. The van der Waals surface area contributed by atoms with E-state index in [1.165, 1.54) is 41.3 Å². The average molecular weight is 308 g/mol. The number of likely N-dealkylation sites (N-methyl/N-ethyl adjacent to an activating group) is 1. The van der Waals surface area contributed by atoms with E-state index < -0.39 is 0 Å². The number of nitrogens with one attached hydrogen (secondary N) is 1. The number of allylic oxidation sites excluding steroid dienone is 1. The normalized spacial score (nSPS) is 17.4. The molecule has 0 aromatic heterocycles. The summed E-state index contributed by atoms with van der Waals surface area (Å²) >= 11 is 3.64. The fourth-order valence-corrected chi connectivity index (χ4v) is 2.98. The fourth-order valence-electron chi connectivity index (χ4n) is 2.58. The first kappa shape index (κ1) is 13.8. The highest BCUT2D eigenvalue weighted by molar-refractivity contribution is 9.10. The van der Waals surface area contributed by atoms with Gasteiger partial charge in [0.25, 0.3) is 0 Å². The van der Waals surface area contributed by atoms with E-state index in [1.807, 2.05) is 0 Å². The minimum atomic E-state index is 0.396. The second-order valence-electron chi connectivity index (χ2n) is 5.02. The highest BCUT2D eigenvalue weighted by atomic mass is 79.9. The molecule has 0 spiro atoms. The summed E-state index contributed by atoms with van der Waals surface area (Å²) in [6.07, 6.45) is 7.60. The first-order valence-electron chi connectivity index (χ1n) is 6.90. The smallest absolute Gasteiger partial charge is 0.0536 e. The van der Waals surface area contributed by atoms with E-state index in [2.05, 4.69) is 59.4 Å². The summed E-state index contributed by atoms with van der Waals surface area (Å²) in [6, 6.07) is 7.11. The Morgan fingerprint density at radius 3 is 2.78 bits per heavy atom. The Bertz CT molecular complexity index is 437. The molecule has 2 rings (SSSR count). The second-order valence-corrected chi connectivity index (χ2v) is 5.88. The van der Waals surface area contributed by atoms with Crippen LogP contribution >= 0.6 is 15.9 Å². The van der Waals surface area contributed by atoms with E-state index >= 15 is 0 Å². The predicted octanol–water partition coefficient (Wildman–Crippen LogP) is 4.91. The minimum absolute atomic E-state index is 0.396. The standard InChI is InChI=1S/C16H22BrN/c1-3-18-16(13-7-5-4-6-8-13)14-10-9-12(2)15(17)11-14/h7,9-11,16,18H,3-6,8H2,1-2H3. The Morgan fingerprint density at radius 2 is 2.17 bits per heavy atom. The molecule has 0 saturated heterocycles. The molecular weight excluding hydrogens is 286 g/mol. The molecule has 0 radical (unpaired) electrons. The first-order chi connectivity index (χ1) is 8.72. The molecular formula is C16H22BrN. The van der Waals surface area contributed by atoms with Crippen molar-refractivity contribution in [2.75, 3.05) is 6.54 Å². The SMILES string of the molecule is CCNC(C1=CCCCC1)c1ccc(C)c(Br)c1. The number of aryl methyl sites for hydroxylation is 1. The molecule has 1 atom stereocenters. The van der Waals surface area contributed by atoms with Gasteiger partial charge in [-0.15, -0.1) is 0 Å². The molecule has 1 N–H and O–H groups in total. The quantitative estimate of drug-likeness (QED) is 0.779. The number of hydrogen-bond acceptors (Lipinski definition) is 1. The van der Waals surface area contributed by atoms with Gasteiger partial charge in [0.05, 0.1) is 6.04 Å². The summed E-state index contributed by atoms with van der Waals surface area (Å²) in [5, 5.41) is 3.63. The number of halogens is 1. The molecule has 1 nitrogen and oxygen atoms in total. The molecule has 1 aliphatic rings. The van der Waals surface area contributed by atoms with E-state index in [9.17, 15) is 0 Å². The summed E-state index contributed by atoms with van der Waals surface area (Å²) in [6.45, 7) is 5.32.